The summed E-state index contributed by atoms with van der Waals surface area (Å²) in [5, 5.41) is 27.3. The predicted octanol–water partition coefficient (Wildman–Crippen LogP) is 2.28. The molecule has 2 aromatic carbocycles. The lowest BCUT2D eigenvalue weighted by Crippen LogP contribution is -2.02. The Morgan fingerprint density at radius 1 is 1.05 bits per heavy atom. The van der Waals surface area contributed by atoms with Gasteiger partial charge in [-0.25, -0.2) is 0 Å². The summed E-state index contributed by atoms with van der Waals surface area (Å²) < 4.78 is 35.2. The van der Waals surface area contributed by atoms with Crippen LogP contribution in [-0.4, -0.2) is 23.3 Å². The minimum Gasteiger partial charge on any atom is -0.508 e. The fourth-order valence-electron chi connectivity index (χ4n) is 1.93. The van der Waals surface area contributed by atoms with Crippen molar-refractivity contribution in [2.24, 2.45) is 0 Å². The van der Waals surface area contributed by atoms with E-state index in [0.29, 0.717) is 0 Å². The molecule has 106 valence electrons. The standard InChI is InChI=1S/C15H10O6/c16-8-3-1-7(2-4-8)15-14(20)13(19)12-10(18)5-9(17)6-11(12)21-15/h1-6,16-18,20H/i5D,6D/hD2. The Labute approximate surface area is 123 Å². The highest BCUT2D eigenvalue weighted by Gasteiger charge is 2.18. The van der Waals surface area contributed by atoms with Crippen LogP contribution in [0.5, 0.6) is 23.0 Å². The van der Waals surface area contributed by atoms with Gasteiger partial charge in [0.2, 0.25) is 11.2 Å². The van der Waals surface area contributed by atoms with Gasteiger partial charge < -0.3 is 24.8 Å². The Bertz CT molecular complexity index is 1030. The van der Waals surface area contributed by atoms with Crippen molar-refractivity contribution in [3.05, 3.63) is 46.6 Å². The van der Waals surface area contributed by atoms with Crippen LogP contribution < -0.4 is 5.43 Å². The largest absolute Gasteiger partial charge is 0.508 e. The van der Waals surface area contributed by atoms with E-state index in [0.717, 1.165) is 0 Å². The van der Waals surface area contributed by atoms with Gasteiger partial charge >= 0.3 is 0 Å². The molecule has 0 atom stereocenters. The zero-order valence-electron chi connectivity index (χ0n) is 14.3. The summed E-state index contributed by atoms with van der Waals surface area (Å²) in [7, 11) is 0. The number of phenolic OH excluding ortho intramolecular Hbond substituents is 3. The molecule has 0 aliphatic carbocycles. The van der Waals surface area contributed by atoms with Crippen molar-refractivity contribution in [3.63, 3.8) is 0 Å². The van der Waals surface area contributed by atoms with Crippen LogP contribution in [0.2, 0.25) is 0 Å². The van der Waals surface area contributed by atoms with E-state index >= 15 is 0 Å². The third-order valence-corrected chi connectivity index (χ3v) is 2.89. The third-order valence-electron chi connectivity index (χ3n) is 2.89. The number of benzene rings is 2. The van der Waals surface area contributed by atoms with Crippen molar-refractivity contribution in [3.8, 4) is 34.3 Å². The van der Waals surface area contributed by atoms with Crippen molar-refractivity contribution in [2.45, 2.75) is 0 Å². The smallest absolute Gasteiger partial charge is 0.293 e. The molecule has 0 aliphatic rings. The molecule has 0 aliphatic heterocycles. The molecule has 0 unspecified atom stereocenters. The zero-order chi connectivity index (χ0) is 18.3. The molecule has 6 nitrogen and oxygen atoms in total. The second-order valence-electron chi connectivity index (χ2n) is 4.27. The van der Waals surface area contributed by atoms with E-state index in [1.165, 1.54) is 24.3 Å². The third kappa shape index (κ3) is 2.02. The van der Waals surface area contributed by atoms with Gasteiger partial charge in [0.05, 0.1) is 2.74 Å². The van der Waals surface area contributed by atoms with Gasteiger partial charge in [-0.15, -0.1) is 0 Å². The summed E-state index contributed by atoms with van der Waals surface area (Å²) in [5.41, 5.74) is -1.10. The zero-order valence-corrected chi connectivity index (χ0v) is 10.3. The minimum absolute atomic E-state index is 0.0391. The maximum Gasteiger partial charge on any atom is 0.293 e. The average molecular weight is 290 g/mol. The second-order valence-corrected chi connectivity index (χ2v) is 4.27. The van der Waals surface area contributed by atoms with E-state index < -0.39 is 45.7 Å². The lowest BCUT2D eigenvalue weighted by atomic mass is 10.1. The Balaban J connectivity index is 2.49. The predicted molar refractivity (Wildman–Crippen MR) is 74.6 cm³/mol. The summed E-state index contributed by atoms with van der Waals surface area (Å²) in [6.45, 7) is 0. The molecule has 1 heterocycles. The van der Waals surface area contributed by atoms with E-state index in [1.54, 1.807) is 0 Å². The normalized spacial score (nSPS) is 13.1. The average Bonchev–Trinajstić information content (AvgIpc) is 2.61. The van der Waals surface area contributed by atoms with Crippen molar-refractivity contribution in [2.75, 3.05) is 0 Å². The first-order valence-electron chi connectivity index (χ1n) is 7.61. The quantitative estimate of drug-likeness (QED) is 0.589. The van der Waals surface area contributed by atoms with Crippen LogP contribution in [-0.2, 0) is 0 Å². The number of rotatable bonds is 3. The molecule has 3 aromatic rings. The molecule has 0 amide bonds. The highest BCUT2D eigenvalue weighted by atomic mass is 16.4. The lowest BCUT2D eigenvalue weighted by Gasteiger charge is -2.07. The Hall–Kier alpha value is -3.15. The first-order chi connectivity index (χ1) is 11.9. The number of fused-ring (bicyclic) bond motifs is 1. The van der Waals surface area contributed by atoms with Crippen LogP contribution in [0.25, 0.3) is 22.3 Å². The van der Waals surface area contributed by atoms with Gasteiger partial charge in [-0.05, 0) is 24.3 Å². The number of hydrogen-bond acceptors (Lipinski definition) is 6. The molecule has 0 saturated heterocycles. The maximum absolute atomic E-state index is 12.7. The first-order valence-corrected chi connectivity index (χ1v) is 5.79. The van der Waals surface area contributed by atoms with Crippen molar-refractivity contribution in [1.29, 1.82) is 2.86 Å². The molecule has 21 heavy (non-hydrogen) atoms. The molecule has 0 bridgehead atoms. The van der Waals surface area contributed by atoms with Crippen LogP contribution in [0, 0.1) is 0 Å². The Kier molecular flexibility index (Phi) is 1.89. The molecule has 0 saturated carbocycles. The summed E-state index contributed by atoms with van der Waals surface area (Å²) >= 11 is 0. The van der Waals surface area contributed by atoms with Gasteiger partial charge in [-0.1, -0.05) is 0 Å². The molecular weight excluding hydrogens is 276 g/mol. The van der Waals surface area contributed by atoms with Crippen LogP contribution in [0.1, 0.15) is 2.74 Å². The molecule has 0 fully saturated rings. The topological polar surface area (TPSA) is 111 Å². The lowest BCUT2D eigenvalue weighted by molar-refractivity contribution is 0.438. The second kappa shape index (κ2) is 4.45. The summed E-state index contributed by atoms with van der Waals surface area (Å²) in [4.78, 5) is 12.7. The van der Waals surface area contributed by atoms with E-state index in [2.05, 4.69) is 10.2 Å². The SMILES string of the molecule is [2H]Oc1c(-c2ccc(O)cc2)oc2c([2H])c(O)c([2H])c(O[2H])c2c1=O. The summed E-state index contributed by atoms with van der Waals surface area (Å²) in [5.74, 6) is -2.25. The van der Waals surface area contributed by atoms with E-state index in [4.69, 9.17) is 10.0 Å². The fraction of sp³-hybridized carbons (Fsp3) is 0. The van der Waals surface area contributed by atoms with E-state index in [9.17, 15) is 15.0 Å². The van der Waals surface area contributed by atoms with Crippen LogP contribution in [0.3, 0.4) is 0 Å². The maximum atomic E-state index is 12.7. The van der Waals surface area contributed by atoms with E-state index in [1.807, 2.05) is 0 Å². The van der Waals surface area contributed by atoms with Gasteiger partial charge in [0.1, 0.15) is 28.2 Å². The molecule has 3 rings (SSSR count). The van der Waals surface area contributed by atoms with Crippen molar-refractivity contribution in [1.82, 2.24) is 0 Å². The van der Waals surface area contributed by atoms with Crippen molar-refractivity contribution >= 4 is 11.0 Å². The highest BCUT2D eigenvalue weighted by Crippen LogP contribution is 2.35. The highest BCUT2D eigenvalue weighted by molar-refractivity contribution is 5.88. The fourth-order valence-corrected chi connectivity index (χ4v) is 1.93. The molecule has 0 radical (unpaired) electrons. The number of aromatic hydroxyl groups is 4. The minimum atomic E-state index is -0.941. The van der Waals surface area contributed by atoms with E-state index in [-0.39, 0.29) is 17.1 Å². The molecule has 6 heteroatoms. The van der Waals surface area contributed by atoms with Crippen LogP contribution in [0.4, 0.5) is 0 Å². The van der Waals surface area contributed by atoms with Gasteiger partial charge in [0.15, 0.2) is 5.76 Å². The summed E-state index contributed by atoms with van der Waals surface area (Å²) in [6.07, 6.45) is 0. The monoisotopic (exact) mass is 290 g/mol. The van der Waals surface area contributed by atoms with Gasteiger partial charge in [-0.2, -0.15) is 0 Å². The van der Waals surface area contributed by atoms with Gasteiger partial charge in [-0.3, -0.25) is 4.79 Å². The molecule has 4 N–H and O–H groups in total. The Morgan fingerprint density at radius 3 is 2.48 bits per heavy atom. The first kappa shape index (κ1) is 8.91. The number of hydrogen-bond donors (Lipinski definition) is 4. The molecule has 0 spiro atoms. The Morgan fingerprint density at radius 2 is 1.81 bits per heavy atom. The van der Waals surface area contributed by atoms with Crippen molar-refractivity contribution < 1.29 is 27.6 Å². The van der Waals surface area contributed by atoms with Crippen LogP contribution in [0.15, 0.2) is 45.6 Å². The van der Waals surface area contributed by atoms with Gasteiger partial charge in [0, 0.05) is 17.6 Å². The number of phenols is 3. The van der Waals surface area contributed by atoms with Gasteiger partial charge in [0.25, 0.3) is 2.86 Å². The summed E-state index contributed by atoms with van der Waals surface area (Å²) in [6, 6.07) is 4.05. The molecule has 1 aromatic heterocycles. The van der Waals surface area contributed by atoms with Crippen LogP contribution >= 0.6 is 0 Å². The molecular formula is C15H10O6.